The third-order valence-corrected chi connectivity index (χ3v) is 3.68. The minimum Gasteiger partial charge on any atom is -0.389 e. The van der Waals surface area contributed by atoms with E-state index in [1.165, 1.54) is 0 Å². The molecular weight excluding hydrogens is 280 g/mol. The molecule has 0 spiro atoms. The number of benzene rings is 1. The monoisotopic (exact) mass is 308 g/mol. The Morgan fingerprint density at radius 2 is 2.14 bits per heavy atom. The summed E-state index contributed by atoms with van der Waals surface area (Å²) in [7, 11) is 4.10. The fourth-order valence-electron chi connectivity index (χ4n) is 2.70. The second-order valence-corrected chi connectivity index (χ2v) is 6.17. The van der Waals surface area contributed by atoms with Gasteiger partial charge in [-0.15, -0.1) is 0 Å². The molecule has 1 saturated heterocycles. The molecule has 1 aliphatic rings. The van der Waals surface area contributed by atoms with E-state index in [9.17, 15) is 5.11 Å². The quantitative estimate of drug-likeness (QED) is 0.770. The molecule has 0 saturated carbocycles. The van der Waals surface area contributed by atoms with Crippen LogP contribution in [0.3, 0.4) is 0 Å². The van der Waals surface area contributed by atoms with Crippen molar-refractivity contribution in [1.82, 2.24) is 9.80 Å². The Kier molecular flexibility index (Phi) is 7.29. The molecule has 0 bridgehead atoms. The van der Waals surface area contributed by atoms with Gasteiger partial charge < -0.3 is 19.5 Å². The standard InChI is InChI=1S/C17H28N2O3/c1-18(2)11-17-12-19(8-9-22-17)10-16(20)14-21-13-15-6-4-3-5-7-15/h3-7,16-17,20H,8-14H2,1-2H3. The summed E-state index contributed by atoms with van der Waals surface area (Å²) in [6, 6.07) is 10.0. The number of hydrogen-bond donors (Lipinski definition) is 1. The lowest BCUT2D eigenvalue weighted by molar-refractivity contribution is -0.0584. The van der Waals surface area contributed by atoms with Crippen molar-refractivity contribution in [2.24, 2.45) is 0 Å². The van der Waals surface area contributed by atoms with E-state index in [0.717, 1.165) is 31.8 Å². The molecule has 0 amide bonds. The van der Waals surface area contributed by atoms with Gasteiger partial charge in [0.25, 0.3) is 0 Å². The van der Waals surface area contributed by atoms with Gasteiger partial charge in [0.15, 0.2) is 0 Å². The first-order chi connectivity index (χ1) is 10.6. The zero-order chi connectivity index (χ0) is 15.8. The summed E-state index contributed by atoms with van der Waals surface area (Å²) in [6.45, 7) is 4.94. The first-order valence-electron chi connectivity index (χ1n) is 7.92. The molecule has 1 N–H and O–H groups in total. The summed E-state index contributed by atoms with van der Waals surface area (Å²) >= 11 is 0. The molecular formula is C17H28N2O3. The van der Waals surface area contributed by atoms with E-state index in [2.05, 4.69) is 23.9 Å². The predicted molar refractivity (Wildman–Crippen MR) is 86.8 cm³/mol. The van der Waals surface area contributed by atoms with Gasteiger partial charge in [-0.25, -0.2) is 0 Å². The topological polar surface area (TPSA) is 45.2 Å². The summed E-state index contributed by atoms with van der Waals surface area (Å²) < 4.78 is 11.3. The maximum absolute atomic E-state index is 10.1. The van der Waals surface area contributed by atoms with Gasteiger partial charge in [0.05, 0.1) is 32.0 Å². The third kappa shape index (κ3) is 6.42. The van der Waals surface area contributed by atoms with Gasteiger partial charge in [-0.1, -0.05) is 30.3 Å². The maximum Gasteiger partial charge on any atom is 0.0900 e. The molecule has 2 atom stereocenters. The zero-order valence-corrected chi connectivity index (χ0v) is 13.6. The van der Waals surface area contributed by atoms with E-state index in [1.807, 2.05) is 30.3 Å². The van der Waals surface area contributed by atoms with Crippen LogP contribution in [0.4, 0.5) is 0 Å². The number of rotatable bonds is 8. The van der Waals surface area contributed by atoms with Gasteiger partial charge in [-0.2, -0.15) is 0 Å². The highest BCUT2D eigenvalue weighted by molar-refractivity contribution is 5.13. The van der Waals surface area contributed by atoms with Crippen LogP contribution in [0.2, 0.25) is 0 Å². The van der Waals surface area contributed by atoms with Crippen LogP contribution in [0.1, 0.15) is 5.56 Å². The number of β-amino-alcohol motifs (C(OH)–C–C–N with tert-alkyl or cyclic N) is 1. The van der Waals surface area contributed by atoms with Crippen LogP contribution in [0.15, 0.2) is 30.3 Å². The van der Waals surface area contributed by atoms with E-state index in [1.54, 1.807) is 0 Å². The van der Waals surface area contributed by atoms with Crippen molar-refractivity contribution >= 4 is 0 Å². The minimum absolute atomic E-state index is 0.223. The summed E-state index contributed by atoms with van der Waals surface area (Å²) in [5.41, 5.74) is 1.13. The van der Waals surface area contributed by atoms with Gasteiger partial charge in [0.1, 0.15) is 0 Å². The number of hydrogen-bond acceptors (Lipinski definition) is 5. The lowest BCUT2D eigenvalue weighted by Crippen LogP contribution is -2.49. The van der Waals surface area contributed by atoms with Gasteiger partial charge in [-0.05, 0) is 19.7 Å². The molecule has 1 aromatic rings. The fraction of sp³-hybridized carbons (Fsp3) is 0.647. The van der Waals surface area contributed by atoms with Crippen molar-refractivity contribution in [2.45, 2.75) is 18.8 Å². The van der Waals surface area contributed by atoms with E-state index in [4.69, 9.17) is 9.47 Å². The molecule has 2 rings (SSSR count). The van der Waals surface area contributed by atoms with E-state index in [-0.39, 0.29) is 6.10 Å². The highest BCUT2D eigenvalue weighted by atomic mass is 16.5. The predicted octanol–water partition coefficient (Wildman–Crippen LogP) is 0.827. The van der Waals surface area contributed by atoms with Gasteiger partial charge in [-0.3, -0.25) is 4.90 Å². The maximum atomic E-state index is 10.1. The average molecular weight is 308 g/mol. The van der Waals surface area contributed by atoms with Crippen LogP contribution < -0.4 is 0 Å². The number of aliphatic hydroxyl groups excluding tert-OH is 1. The number of nitrogens with zero attached hydrogens (tertiary/aromatic N) is 2. The highest BCUT2D eigenvalue weighted by Gasteiger charge is 2.22. The smallest absolute Gasteiger partial charge is 0.0900 e. The third-order valence-electron chi connectivity index (χ3n) is 3.68. The average Bonchev–Trinajstić information content (AvgIpc) is 2.48. The molecule has 22 heavy (non-hydrogen) atoms. The van der Waals surface area contributed by atoms with Crippen LogP contribution in [-0.2, 0) is 16.1 Å². The lowest BCUT2D eigenvalue weighted by Gasteiger charge is -2.35. The lowest BCUT2D eigenvalue weighted by atomic mass is 10.2. The van der Waals surface area contributed by atoms with Crippen molar-refractivity contribution < 1.29 is 14.6 Å². The number of aliphatic hydroxyl groups is 1. The molecule has 5 heteroatoms. The fourth-order valence-corrected chi connectivity index (χ4v) is 2.70. The van der Waals surface area contributed by atoms with Crippen molar-refractivity contribution in [3.05, 3.63) is 35.9 Å². The normalized spacial score (nSPS) is 21.2. The van der Waals surface area contributed by atoms with Gasteiger partial charge in [0, 0.05) is 26.2 Å². The Hall–Kier alpha value is -0.980. The molecule has 2 unspecified atom stereocenters. The second kappa shape index (κ2) is 9.22. The molecule has 1 fully saturated rings. The minimum atomic E-state index is -0.457. The summed E-state index contributed by atoms with van der Waals surface area (Å²) in [6.07, 6.45) is -0.233. The van der Waals surface area contributed by atoms with Crippen LogP contribution in [0.25, 0.3) is 0 Å². The Morgan fingerprint density at radius 3 is 2.86 bits per heavy atom. The molecule has 0 aliphatic carbocycles. The van der Waals surface area contributed by atoms with E-state index in [0.29, 0.717) is 19.8 Å². The van der Waals surface area contributed by atoms with Crippen LogP contribution in [0, 0.1) is 0 Å². The number of ether oxygens (including phenoxy) is 2. The molecule has 124 valence electrons. The van der Waals surface area contributed by atoms with Crippen molar-refractivity contribution in [3.8, 4) is 0 Å². The largest absolute Gasteiger partial charge is 0.389 e. The summed E-state index contributed by atoms with van der Waals surface area (Å²) in [4.78, 5) is 4.39. The number of morpholine rings is 1. The van der Waals surface area contributed by atoms with E-state index >= 15 is 0 Å². The molecule has 0 radical (unpaired) electrons. The second-order valence-electron chi connectivity index (χ2n) is 6.17. The highest BCUT2D eigenvalue weighted by Crippen LogP contribution is 2.07. The Bertz CT molecular complexity index is 414. The first kappa shape index (κ1) is 17.4. The molecule has 1 heterocycles. The Labute approximate surface area is 133 Å². The molecule has 0 aromatic heterocycles. The van der Waals surface area contributed by atoms with Crippen LogP contribution >= 0.6 is 0 Å². The Balaban J connectivity index is 1.64. The molecule has 1 aromatic carbocycles. The summed E-state index contributed by atoms with van der Waals surface area (Å²) in [5, 5.41) is 10.1. The van der Waals surface area contributed by atoms with Crippen molar-refractivity contribution in [3.63, 3.8) is 0 Å². The van der Waals surface area contributed by atoms with Crippen molar-refractivity contribution in [1.29, 1.82) is 0 Å². The molecule has 1 aliphatic heterocycles. The van der Waals surface area contributed by atoms with Crippen LogP contribution in [-0.4, -0.2) is 80.6 Å². The SMILES string of the molecule is CN(C)CC1CN(CC(O)COCc2ccccc2)CCO1. The van der Waals surface area contributed by atoms with Gasteiger partial charge in [0.2, 0.25) is 0 Å². The zero-order valence-electron chi connectivity index (χ0n) is 13.6. The van der Waals surface area contributed by atoms with Crippen LogP contribution in [0.5, 0.6) is 0 Å². The van der Waals surface area contributed by atoms with Gasteiger partial charge >= 0.3 is 0 Å². The first-order valence-corrected chi connectivity index (χ1v) is 7.92. The van der Waals surface area contributed by atoms with E-state index < -0.39 is 6.10 Å². The Morgan fingerprint density at radius 1 is 1.36 bits per heavy atom. The molecule has 5 nitrogen and oxygen atoms in total. The summed E-state index contributed by atoms with van der Waals surface area (Å²) in [5.74, 6) is 0. The van der Waals surface area contributed by atoms with Crippen molar-refractivity contribution in [2.75, 3.05) is 53.5 Å². The number of likely N-dealkylation sites (N-methyl/N-ethyl adjacent to an activating group) is 1.